The lowest BCUT2D eigenvalue weighted by atomic mass is 9.78. The van der Waals surface area contributed by atoms with E-state index in [9.17, 15) is 4.79 Å². The normalized spacial score (nSPS) is 26.6. The van der Waals surface area contributed by atoms with Crippen molar-refractivity contribution in [2.75, 3.05) is 6.61 Å². The molecular weight excluding hydrogens is 269 g/mol. The Kier molecular flexibility index (Phi) is 3.26. The molecule has 0 spiro atoms. The summed E-state index contributed by atoms with van der Waals surface area (Å²) < 4.78 is 16.9. The third-order valence-corrected chi connectivity index (χ3v) is 4.54. The van der Waals surface area contributed by atoms with Crippen LogP contribution in [-0.2, 0) is 14.0 Å². The summed E-state index contributed by atoms with van der Waals surface area (Å²) in [5.41, 5.74) is 1.30. The van der Waals surface area contributed by atoms with Crippen LogP contribution >= 0.6 is 0 Å². The Bertz CT molecular complexity index is 539. The van der Waals surface area contributed by atoms with Crippen molar-refractivity contribution in [3.8, 4) is 0 Å². The van der Waals surface area contributed by atoms with Crippen molar-refractivity contribution in [1.29, 1.82) is 0 Å². The Morgan fingerprint density at radius 2 is 1.67 bits per heavy atom. The van der Waals surface area contributed by atoms with Gasteiger partial charge in [-0.05, 0) is 38.7 Å². The van der Waals surface area contributed by atoms with Crippen molar-refractivity contribution >= 4 is 18.7 Å². The minimum atomic E-state index is -0.366. The van der Waals surface area contributed by atoms with E-state index in [1.165, 1.54) is 0 Å². The van der Waals surface area contributed by atoms with E-state index < -0.39 is 0 Å². The minimum absolute atomic E-state index is 0.0788. The molecule has 0 bridgehead atoms. The first-order valence-electron chi connectivity index (χ1n) is 7.17. The summed E-state index contributed by atoms with van der Waals surface area (Å²) >= 11 is 0. The molecule has 5 nitrogen and oxygen atoms in total. The molecule has 2 aliphatic rings. The summed E-state index contributed by atoms with van der Waals surface area (Å²) in [6.07, 6.45) is -0.366. The monoisotopic (exact) mass is 289 g/mol. The number of ether oxygens (including phenoxy) is 1. The Morgan fingerprint density at radius 1 is 1.10 bits per heavy atom. The van der Waals surface area contributed by atoms with Crippen molar-refractivity contribution in [2.45, 2.75) is 44.9 Å². The average Bonchev–Trinajstić information content (AvgIpc) is 2.92. The molecule has 2 aliphatic heterocycles. The zero-order valence-electron chi connectivity index (χ0n) is 12.8. The molecule has 1 atom stereocenters. The summed E-state index contributed by atoms with van der Waals surface area (Å²) in [7, 11) is -0.363. The first-order chi connectivity index (χ1) is 9.78. The molecule has 2 heterocycles. The molecule has 2 saturated heterocycles. The van der Waals surface area contributed by atoms with Gasteiger partial charge in [0.2, 0.25) is 0 Å². The number of nitrogens with one attached hydrogen (secondary N) is 1. The van der Waals surface area contributed by atoms with Crippen LogP contribution < -0.4 is 10.8 Å². The van der Waals surface area contributed by atoms with Gasteiger partial charge in [-0.3, -0.25) is 0 Å². The molecule has 6 heteroatoms. The lowest BCUT2D eigenvalue weighted by molar-refractivity contribution is 0.00578. The highest BCUT2D eigenvalue weighted by Gasteiger charge is 2.51. The van der Waals surface area contributed by atoms with E-state index in [4.69, 9.17) is 14.0 Å². The maximum Gasteiger partial charge on any atom is 0.494 e. The van der Waals surface area contributed by atoms with E-state index in [2.05, 4.69) is 5.32 Å². The highest BCUT2D eigenvalue weighted by atomic mass is 16.7. The number of alkyl carbamates (subject to hydrolysis) is 1. The largest absolute Gasteiger partial charge is 0.494 e. The number of carbonyl (C=O) groups is 1. The third-order valence-electron chi connectivity index (χ3n) is 4.54. The van der Waals surface area contributed by atoms with Crippen molar-refractivity contribution < 1.29 is 18.8 Å². The Morgan fingerprint density at radius 3 is 2.14 bits per heavy atom. The van der Waals surface area contributed by atoms with Crippen LogP contribution in [0.1, 0.15) is 39.3 Å². The average molecular weight is 289 g/mol. The number of amides is 1. The number of hydrogen-bond donors (Lipinski definition) is 1. The Hall–Kier alpha value is -1.53. The molecule has 21 heavy (non-hydrogen) atoms. The van der Waals surface area contributed by atoms with Crippen LogP contribution in [0.2, 0.25) is 0 Å². The summed E-state index contributed by atoms with van der Waals surface area (Å²) in [6.45, 7) is 8.51. The molecule has 0 saturated carbocycles. The Labute approximate surface area is 125 Å². The van der Waals surface area contributed by atoms with Crippen molar-refractivity contribution in [2.24, 2.45) is 0 Å². The van der Waals surface area contributed by atoms with Gasteiger partial charge in [0, 0.05) is 0 Å². The van der Waals surface area contributed by atoms with Crippen LogP contribution in [0.3, 0.4) is 0 Å². The van der Waals surface area contributed by atoms with E-state index in [1.807, 2.05) is 52.0 Å². The van der Waals surface area contributed by atoms with E-state index >= 15 is 0 Å². The molecule has 2 fully saturated rings. The second-order valence-electron chi connectivity index (χ2n) is 6.55. The van der Waals surface area contributed by atoms with Gasteiger partial charge in [-0.15, -0.1) is 0 Å². The van der Waals surface area contributed by atoms with Crippen molar-refractivity contribution in [1.82, 2.24) is 5.32 Å². The van der Waals surface area contributed by atoms with Gasteiger partial charge < -0.3 is 19.4 Å². The van der Waals surface area contributed by atoms with Crippen LogP contribution in [0.15, 0.2) is 24.3 Å². The summed E-state index contributed by atoms with van der Waals surface area (Å²) in [4.78, 5) is 11.1. The summed E-state index contributed by atoms with van der Waals surface area (Å²) in [6, 6.07) is 7.81. The van der Waals surface area contributed by atoms with Gasteiger partial charge in [-0.1, -0.05) is 24.3 Å². The standard InChI is InChI=1S/C15H20BNO4/c1-14(2)15(3,4)21-16(20-14)11-7-5-10(6-8-11)12-9-19-13(18)17-12/h5-8,12H,9H2,1-4H3,(H,17,18)/t12-/m1/s1. The quantitative estimate of drug-likeness (QED) is 0.843. The fraction of sp³-hybridized carbons (Fsp3) is 0.533. The van der Waals surface area contributed by atoms with Gasteiger partial charge in [-0.2, -0.15) is 0 Å². The van der Waals surface area contributed by atoms with E-state index in [-0.39, 0.29) is 30.5 Å². The lowest BCUT2D eigenvalue weighted by Gasteiger charge is -2.32. The predicted molar refractivity (Wildman–Crippen MR) is 79.4 cm³/mol. The van der Waals surface area contributed by atoms with Crippen LogP contribution in [0.4, 0.5) is 4.79 Å². The van der Waals surface area contributed by atoms with Crippen LogP contribution in [-0.4, -0.2) is 31.0 Å². The van der Waals surface area contributed by atoms with E-state index in [0.29, 0.717) is 6.61 Å². The van der Waals surface area contributed by atoms with Crippen molar-refractivity contribution in [3.05, 3.63) is 29.8 Å². The number of benzene rings is 1. The molecule has 3 rings (SSSR count). The third kappa shape index (κ3) is 2.54. The van der Waals surface area contributed by atoms with Gasteiger partial charge >= 0.3 is 13.2 Å². The first-order valence-corrected chi connectivity index (χ1v) is 7.17. The Balaban J connectivity index is 1.75. The second-order valence-corrected chi connectivity index (χ2v) is 6.55. The van der Waals surface area contributed by atoms with Gasteiger partial charge in [0.1, 0.15) is 6.61 Å². The molecule has 112 valence electrons. The molecule has 1 N–H and O–H groups in total. The fourth-order valence-corrected chi connectivity index (χ4v) is 2.43. The minimum Gasteiger partial charge on any atom is -0.447 e. The highest BCUT2D eigenvalue weighted by Crippen LogP contribution is 2.36. The van der Waals surface area contributed by atoms with Gasteiger partial charge in [0.25, 0.3) is 0 Å². The second kappa shape index (κ2) is 4.75. The fourth-order valence-electron chi connectivity index (χ4n) is 2.43. The summed E-state index contributed by atoms with van der Waals surface area (Å²) in [5.74, 6) is 0. The SMILES string of the molecule is CC1(C)OB(c2ccc([C@H]3COC(=O)N3)cc2)OC1(C)C. The lowest BCUT2D eigenvalue weighted by Crippen LogP contribution is -2.41. The van der Waals surface area contributed by atoms with E-state index in [1.54, 1.807) is 0 Å². The number of carbonyl (C=O) groups excluding carboxylic acids is 1. The topological polar surface area (TPSA) is 56.8 Å². The molecule has 0 unspecified atom stereocenters. The van der Waals surface area contributed by atoms with Crippen LogP contribution in [0.5, 0.6) is 0 Å². The molecular formula is C15H20BNO4. The maximum absolute atomic E-state index is 11.1. The number of rotatable bonds is 2. The molecule has 1 aromatic carbocycles. The van der Waals surface area contributed by atoms with Crippen LogP contribution in [0.25, 0.3) is 0 Å². The van der Waals surface area contributed by atoms with Gasteiger partial charge in [-0.25, -0.2) is 4.79 Å². The molecule has 1 aromatic rings. The van der Waals surface area contributed by atoms with Crippen LogP contribution in [0, 0.1) is 0 Å². The maximum atomic E-state index is 11.1. The first kappa shape index (κ1) is 14.4. The van der Waals surface area contributed by atoms with Gasteiger partial charge in [0.05, 0.1) is 17.2 Å². The number of hydrogen-bond acceptors (Lipinski definition) is 4. The molecule has 1 amide bonds. The summed E-state index contributed by atoms with van der Waals surface area (Å²) in [5, 5.41) is 2.76. The number of cyclic esters (lactones) is 1. The highest BCUT2D eigenvalue weighted by molar-refractivity contribution is 6.62. The molecule has 0 aromatic heterocycles. The molecule has 0 aliphatic carbocycles. The molecule has 0 radical (unpaired) electrons. The zero-order chi connectivity index (χ0) is 15.3. The zero-order valence-corrected chi connectivity index (χ0v) is 12.8. The van der Waals surface area contributed by atoms with Crippen molar-refractivity contribution in [3.63, 3.8) is 0 Å². The van der Waals surface area contributed by atoms with Gasteiger partial charge in [0.15, 0.2) is 0 Å². The predicted octanol–water partition coefficient (Wildman–Crippen LogP) is 1.77. The smallest absolute Gasteiger partial charge is 0.447 e. The van der Waals surface area contributed by atoms with E-state index in [0.717, 1.165) is 11.0 Å².